The fourth-order valence-corrected chi connectivity index (χ4v) is 3.04. The van der Waals surface area contributed by atoms with Gasteiger partial charge >= 0.3 is 0 Å². The van der Waals surface area contributed by atoms with Gasteiger partial charge < -0.3 is 0 Å². The van der Waals surface area contributed by atoms with Crippen LogP contribution in [0.15, 0.2) is 32.4 Å². The zero-order valence-corrected chi connectivity index (χ0v) is 15.6. The van der Waals surface area contributed by atoms with E-state index in [-0.39, 0.29) is 0 Å². The molecule has 0 bridgehead atoms. The molecule has 0 amide bonds. The molecule has 0 heteroatoms. The third-order valence-electron chi connectivity index (χ3n) is 3.81. The van der Waals surface area contributed by atoms with E-state index in [1.165, 1.54) is 22.3 Å². The van der Waals surface area contributed by atoms with Crippen LogP contribution in [0.5, 0.6) is 0 Å². The van der Waals surface area contributed by atoms with E-state index in [4.69, 9.17) is 0 Å². The summed E-state index contributed by atoms with van der Waals surface area (Å²) in [4.78, 5) is 0. The van der Waals surface area contributed by atoms with Crippen LogP contribution in [-0.4, -0.2) is 0 Å². The first-order valence-corrected chi connectivity index (χ1v) is 7.91. The highest BCUT2D eigenvalue weighted by Gasteiger charge is 2.17. The Morgan fingerprint density at radius 1 is 0.619 bits per heavy atom. The summed E-state index contributed by atoms with van der Waals surface area (Å²) in [6.07, 6.45) is 0. The van der Waals surface area contributed by atoms with Crippen molar-refractivity contribution in [2.45, 2.75) is 73.1 Å². The lowest BCUT2D eigenvalue weighted by Crippen LogP contribution is -2.07. The fourth-order valence-electron chi connectivity index (χ4n) is 3.04. The first kappa shape index (κ1) is 22.0. The summed E-state index contributed by atoms with van der Waals surface area (Å²) in [5, 5.41) is 0. The maximum absolute atomic E-state index is 3.00. The first-order chi connectivity index (χ1) is 9.77. The van der Waals surface area contributed by atoms with Gasteiger partial charge in [-0.3, -0.25) is 0 Å². The van der Waals surface area contributed by atoms with Crippen LogP contribution in [0.3, 0.4) is 0 Å². The predicted molar refractivity (Wildman–Crippen MR) is 101 cm³/mol. The van der Waals surface area contributed by atoms with Crippen LogP contribution in [0.25, 0.3) is 0 Å². The largest absolute Gasteiger partial charge is 0.106 e. The van der Waals surface area contributed by atoms with Gasteiger partial charge in [-0.2, -0.15) is 0 Å². The van der Waals surface area contributed by atoms with Crippen molar-refractivity contribution in [3.05, 3.63) is 60.2 Å². The van der Waals surface area contributed by atoms with Gasteiger partial charge in [-0.15, -0.1) is 26.3 Å². The SMILES string of the molecule is C=C.C=C.Cc1c(C(C)C)cc(C(C)C)c(C)c1C(C)C. The molecular weight excluding hydrogens is 252 g/mol. The average molecular weight is 289 g/mol. The Bertz CT molecular complexity index is 388. The topological polar surface area (TPSA) is 0 Å². The van der Waals surface area contributed by atoms with E-state index in [9.17, 15) is 0 Å². The van der Waals surface area contributed by atoms with Crippen molar-refractivity contribution in [1.82, 2.24) is 0 Å². The normalized spacial score (nSPS) is 10.0. The average Bonchev–Trinajstić information content (AvgIpc) is 2.42. The van der Waals surface area contributed by atoms with E-state index < -0.39 is 0 Å². The number of hydrogen-bond acceptors (Lipinski definition) is 0. The highest BCUT2D eigenvalue weighted by molar-refractivity contribution is 5.48. The summed E-state index contributed by atoms with van der Waals surface area (Å²) < 4.78 is 0. The summed E-state index contributed by atoms with van der Waals surface area (Å²) in [5.41, 5.74) is 7.65. The molecule has 1 aromatic carbocycles. The fraction of sp³-hybridized carbons (Fsp3) is 0.524. The maximum Gasteiger partial charge on any atom is -0.0213 e. The minimum atomic E-state index is 0.616. The Hall–Kier alpha value is -1.30. The highest BCUT2D eigenvalue weighted by atomic mass is 14.2. The van der Waals surface area contributed by atoms with Crippen LogP contribution >= 0.6 is 0 Å². The van der Waals surface area contributed by atoms with Gasteiger partial charge in [0.05, 0.1) is 0 Å². The van der Waals surface area contributed by atoms with Crippen molar-refractivity contribution in [2.75, 3.05) is 0 Å². The van der Waals surface area contributed by atoms with Gasteiger partial charge in [-0.25, -0.2) is 0 Å². The maximum atomic E-state index is 3.00. The number of benzene rings is 1. The summed E-state index contributed by atoms with van der Waals surface area (Å²) in [6, 6.07) is 2.44. The quantitative estimate of drug-likeness (QED) is 0.513. The predicted octanol–water partition coefficient (Wildman–Crippen LogP) is 7.28. The van der Waals surface area contributed by atoms with Gasteiger partial charge in [0.25, 0.3) is 0 Å². The second-order valence-electron chi connectivity index (χ2n) is 6.18. The lowest BCUT2D eigenvalue weighted by atomic mass is 9.81. The summed E-state index contributed by atoms with van der Waals surface area (Å²) in [5.74, 6) is 1.85. The van der Waals surface area contributed by atoms with Gasteiger partial charge in [0.15, 0.2) is 0 Å². The van der Waals surface area contributed by atoms with Gasteiger partial charge in [-0.05, 0) is 59.4 Å². The molecule has 0 fully saturated rings. The molecule has 0 aliphatic rings. The third kappa shape index (κ3) is 5.53. The molecule has 0 aliphatic heterocycles. The Kier molecular flexibility index (Phi) is 10.9. The summed E-state index contributed by atoms with van der Waals surface area (Å²) >= 11 is 0. The van der Waals surface area contributed by atoms with Crippen molar-refractivity contribution in [3.63, 3.8) is 0 Å². The zero-order chi connectivity index (χ0) is 17.3. The molecule has 0 radical (unpaired) electrons. The standard InChI is InChI=1S/C17H28.2C2H4/c1-10(2)15-9-16(11(3)4)14(8)17(12(5)6)13(15)7;2*1-2/h9-12H,1-8H3;2*1-2H2. The van der Waals surface area contributed by atoms with E-state index >= 15 is 0 Å². The Labute approximate surface area is 134 Å². The van der Waals surface area contributed by atoms with E-state index in [0.29, 0.717) is 17.8 Å². The molecule has 0 heterocycles. The molecule has 0 aromatic heterocycles. The van der Waals surface area contributed by atoms with Crippen LogP contribution in [-0.2, 0) is 0 Å². The van der Waals surface area contributed by atoms with Crippen molar-refractivity contribution < 1.29 is 0 Å². The van der Waals surface area contributed by atoms with Crippen molar-refractivity contribution in [1.29, 1.82) is 0 Å². The van der Waals surface area contributed by atoms with Gasteiger partial charge in [-0.1, -0.05) is 47.6 Å². The second kappa shape index (κ2) is 10.4. The van der Waals surface area contributed by atoms with E-state index in [1.54, 1.807) is 5.56 Å². The molecule has 120 valence electrons. The Morgan fingerprint density at radius 3 is 1.10 bits per heavy atom. The molecule has 0 saturated carbocycles. The molecule has 1 aromatic rings. The molecule has 1 rings (SSSR count). The lowest BCUT2D eigenvalue weighted by molar-refractivity contribution is 0.779. The van der Waals surface area contributed by atoms with Crippen LogP contribution < -0.4 is 0 Å². The van der Waals surface area contributed by atoms with E-state index in [0.717, 1.165) is 0 Å². The van der Waals surface area contributed by atoms with Gasteiger partial charge in [0.2, 0.25) is 0 Å². The molecule has 0 saturated heterocycles. The number of hydrogen-bond donors (Lipinski definition) is 0. The van der Waals surface area contributed by atoms with Gasteiger partial charge in [0.1, 0.15) is 0 Å². The smallest absolute Gasteiger partial charge is 0.0213 e. The monoisotopic (exact) mass is 288 g/mol. The zero-order valence-electron chi connectivity index (χ0n) is 15.6. The van der Waals surface area contributed by atoms with Crippen molar-refractivity contribution in [3.8, 4) is 0 Å². The molecule has 0 unspecified atom stereocenters. The Balaban J connectivity index is 0. The van der Waals surface area contributed by atoms with Crippen LogP contribution in [0.4, 0.5) is 0 Å². The second-order valence-corrected chi connectivity index (χ2v) is 6.18. The molecule has 0 nitrogen and oxygen atoms in total. The molecule has 0 N–H and O–H groups in total. The summed E-state index contributed by atoms with van der Waals surface area (Å²) in [6.45, 7) is 30.4. The highest BCUT2D eigenvalue weighted by Crippen LogP contribution is 2.34. The van der Waals surface area contributed by atoms with E-state index in [1.807, 2.05) is 0 Å². The van der Waals surface area contributed by atoms with Crippen LogP contribution in [0, 0.1) is 13.8 Å². The number of rotatable bonds is 3. The van der Waals surface area contributed by atoms with Crippen molar-refractivity contribution in [2.24, 2.45) is 0 Å². The van der Waals surface area contributed by atoms with Crippen LogP contribution in [0.2, 0.25) is 0 Å². The van der Waals surface area contributed by atoms with Crippen LogP contribution in [0.1, 0.15) is 87.1 Å². The summed E-state index contributed by atoms with van der Waals surface area (Å²) in [7, 11) is 0. The molecule has 21 heavy (non-hydrogen) atoms. The lowest BCUT2D eigenvalue weighted by Gasteiger charge is -2.24. The van der Waals surface area contributed by atoms with E-state index in [2.05, 4.69) is 87.8 Å². The minimum absolute atomic E-state index is 0.616. The molecular formula is C21H36. The molecule has 0 atom stereocenters. The molecule has 0 aliphatic carbocycles. The Morgan fingerprint density at radius 2 is 0.905 bits per heavy atom. The third-order valence-corrected chi connectivity index (χ3v) is 3.81. The minimum Gasteiger partial charge on any atom is -0.106 e. The van der Waals surface area contributed by atoms with Crippen molar-refractivity contribution >= 4 is 0 Å². The van der Waals surface area contributed by atoms with Gasteiger partial charge in [0, 0.05) is 0 Å². The first-order valence-electron chi connectivity index (χ1n) is 7.91. The molecule has 0 spiro atoms.